The number of aromatic amines is 1. The number of hydrogen-bond donors (Lipinski definition) is 2. The number of aliphatic carboxylic acids is 1. The Hall–Kier alpha value is -1.32. The normalized spacial score (nSPS) is 10.6. The van der Waals surface area contributed by atoms with E-state index in [1.807, 2.05) is 12.4 Å². The van der Waals surface area contributed by atoms with E-state index in [-0.39, 0.29) is 0 Å². The van der Waals surface area contributed by atoms with Crippen LogP contribution in [0.4, 0.5) is 0 Å². The van der Waals surface area contributed by atoms with Crippen LogP contribution < -0.4 is 0 Å². The second-order valence-electron chi connectivity index (χ2n) is 4.48. The van der Waals surface area contributed by atoms with Gasteiger partial charge < -0.3 is 5.11 Å². The molecule has 0 aliphatic heterocycles. The number of aryl methyl sites for hydroxylation is 1. The first kappa shape index (κ1) is 13.7. The average molecular weight is 238 g/mol. The highest BCUT2D eigenvalue weighted by Crippen LogP contribution is 2.10. The molecule has 0 spiro atoms. The summed E-state index contributed by atoms with van der Waals surface area (Å²) in [6.45, 7) is 0. The lowest BCUT2D eigenvalue weighted by Crippen LogP contribution is -1.93. The van der Waals surface area contributed by atoms with Crippen LogP contribution in [0.1, 0.15) is 56.9 Å². The van der Waals surface area contributed by atoms with Gasteiger partial charge in [0.2, 0.25) is 0 Å². The summed E-state index contributed by atoms with van der Waals surface area (Å²) in [7, 11) is 0. The lowest BCUT2D eigenvalue weighted by Gasteiger charge is -2.00. The number of aromatic nitrogens is 2. The summed E-state index contributed by atoms with van der Waals surface area (Å²) in [6.07, 6.45) is 13.2. The Labute approximate surface area is 102 Å². The zero-order valence-corrected chi connectivity index (χ0v) is 10.3. The monoisotopic (exact) mass is 238 g/mol. The fourth-order valence-corrected chi connectivity index (χ4v) is 1.90. The zero-order valence-electron chi connectivity index (χ0n) is 10.3. The van der Waals surface area contributed by atoms with Gasteiger partial charge in [0.25, 0.3) is 0 Å². The zero-order chi connectivity index (χ0) is 12.3. The predicted molar refractivity (Wildman–Crippen MR) is 66.9 cm³/mol. The third kappa shape index (κ3) is 7.55. The molecule has 0 bridgehead atoms. The summed E-state index contributed by atoms with van der Waals surface area (Å²) in [5.74, 6) is -0.676. The maximum Gasteiger partial charge on any atom is 0.303 e. The van der Waals surface area contributed by atoms with Crippen molar-refractivity contribution in [2.45, 2.75) is 57.8 Å². The van der Waals surface area contributed by atoms with E-state index < -0.39 is 5.97 Å². The molecule has 2 N–H and O–H groups in total. The molecule has 0 unspecified atom stereocenters. The van der Waals surface area contributed by atoms with E-state index in [2.05, 4.69) is 10.2 Å². The number of H-pyrrole nitrogens is 1. The number of rotatable bonds is 10. The minimum absolute atomic E-state index is 0.320. The van der Waals surface area contributed by atoms with Gasteiger partial charge in [-0.15, -0.1) is 0 Å². The molecule has 0 amide bonds. The second-order valence-corrected chi connectivity index (χ2v) is 4.48. The highest BCUT2D eigenvalue weighted by atomic mass is 16.4. The summed E-state index contributed by atoms with van der Waals surface area (Å²) in [5, 5.41) is 15.2. The van der Waals surface area contributed by atoms with Crippen molar-refractivity contribution in [1.82, 2.24) is 10.2 Å². The first-order valence-electron chi connectivity index (χ1n) is 6.48. The van der Waals surface area contributed by atoms with Crippen LogP contribution in [0.25, 0.3) is 0 Å². The van der Waals surface area contributed by atoms with Crippen molar-refractivity contribution in [3.8, 4) is 0 Å². The van der Waals surface area contributed by atoms with Crippen molar-refractivity contribution in [2.75, 3.05) is 0 Å². The van der Waals surface area contributed by atoms with Crippen LogP contribution in [0.3, 0.4) is 0 Å². The number of nitrogens with zero attached hydrogens (tertiary/aromatic N) is 1. The molecule has 0 saturated heterocycles. The molecule has 0 aromatic carbocycles. The molecule has 1 heterocycles. The number of carbonyl (C=O) groups is 1. The molecular weight excluding hydrogens is 216 g/mol. The van der Waals surface area contributed by atoms with Gasteiger partial charge in [0.1, 0.15) is 0 Å². The van der Waals surface area contributed by atoms with Gasteiger partial charge in [0, 0.05) is 12.6 Å². The van der Waals surface area contributed by atoms with Gasteiger partial charge in [0.15, 0.2) is 0 Å². The summed E-state index contributed by atoms with van der Waals surface area (Å²) >= 11 is 0. The predicted octanol–water partition coefficient (Wildman–Crippen LogP) is 3.16. The van der Waals surface area contributed by atoms with Gasteiger partial charge in [0.05, 0.1) is 6.20 Å². The van der Waals surface area contributed by atoms with Gasteiger partial charge in [-0.1, -0.05) is 32.1 Å². The highest BCUT2D eigenvalue weighted by molar-refractivity contribution is 5.66. The molecule has 4 nitrogen and oxygen atoms in total. The van der Waals surface area contributed by atoms with Gasteiger partial charge in [-0.05, 0) is 24.8 Å². The molecule has 96 valence electrons. The molecule has 0 aliphatic rings. The quantitative estimate of drug-likeness (QED) is 0.615. The Kier molecular flexibility index (Phi) is 7.11. The second kappa shape index (κ2) is 8.79. The first-order chi connectivity index (χ1) is 8.29. The molecule has 1 aromatic heterocycles. The van der Waals surface area contributed by atoms with Crippen molar-refractivity contribution in [2.24, 2.45) is 0 Å². The fraction of sp³-hybridized carbons (Fsp3) is 0.692. The van der Waals surface area contributed by atoms with Gasteiger partial charge in [-0.3, -0.25) is 9.89 Å². The maximum atomic E-state index is 10.3. The van der Waals surface area contributed by atoms with Crippen LogP contribution in [0.5, 0.6) is 0 Å². The average Bonchev–Trinajstić information content (AvgIpc) is 2.79. The molecule has 0 aliphatic carbocycles. The third-order valence-corrected chi connectivity index (χ3v) is 2.91. The Balaban J connectivity index is 1.80. The number of nitrogens with one attached hydrogen (secondary N) is 1. The van der Waals surface area contributed by atoms with Crippen molar-refractivity contribution in [1.29, 1.82) is 0 Å². The van der Waals surface area contributed by atoms with E-state index in [0.717, 1.165) is 19.3 Å². The van der Waals surface area contributed by atoms with Gasteiger partial charge in [-0.2, -0.15) is 5.10 Å². The van der Waals surface area contributed by atoms with Crippen molar-refractivity contribution in [3.63, 3.8) is 0 Å². The van der Waals surface area contributed by atoms with Crippen LogP contribution in [-0.2, 0) is 11.2 Å². The summed E-state index contributed by atoms with van der Waals surface area (Å²) in [4.78, 5) is 10.3. The molecule has 0 fully saturated rings. The number of unbranched alkanes of at least 4 members (excludes halogenated alkanes) is 6. The third-order valence-electron chi connectivity index (χ3n) is 2.91. The molecule has 1 aromatic rings. The lowest BCUT2D eigenvalue weighted by atomic mass is 10.1. The number of carboxylic acid groups (broad SMARTS) is 1. The van der Waals surface area contributed by atoms with Crippen LogP contribution >= 0.6 is 0 Å². The minimum Gasteiger partial charge on any atom is -0.481 e. The summed E-state index contributed by atoms with van der Waals surface area (Å²) in [5.41, 5.74) is 1.28. The highest BCUT2D eigenvalue weighted by Gasteiger charge is 1.97. The number of hydrogen-bond acceptors (Lipinski definition) is 2. The first-order valence-corrected chi connectivity index (χ1v) is 6.48. The Bertz CT molecular complexity index is 296. The van der Waals surface area contributed by atoms with Gasteiger partial charge in [-0.25, -0.2) is 0 Å². The van der Waals surface area contributed by atoms with Gasteiger partial charge >= 0.3 is 5.97 Å². The molecule has 0 atom stereocenters. The van der Waals surface area contributed by atoms with Crippen molar-refractivity contribution >= 4 is 5.97 Å². The van der Waals surface area contributed by atoms with Crippen molar-refractivity contribution in [3.05, 3.63) is 18.0 Å². The van der Waals surface area contributed by atoms with E-state index >= 15 is 0 Å². The molecular formula is C13H22N2O2. The SMILES string of the molecule is O=C(O)CCCCCCCCCc1cn[nH]c1. The van der Waals surface area contributed by atoms with Crippen LogP contribution in [0.2, 0.25) is 0 Å². The van der Waals surface area contributed by atoms with Crippen molar-refractivity contribution < 1.29 is 9.90 Å². The molecule has 4 heteroatoms. The number of carboxylic acids is 1. The summed E-state index contributed by atoms with van der Waals surface area (Å²) in [6, 6.07) is 0. The topological polar surface area (TPSA) is 66.0 Å². The Morgan fingerprint density at radius 2 is 1.76 bits per heavy atom. The van der Waals surface area contributed by atoms with Crippen LogP contribution in [0, 0.1) is 0 Å². The largest absolute Gasteiger partial charge is 0.481 e. The maximum absolute atomic E-state index is 10.3. The van der Waals surface area contributed by atoms with E-state index in [1.165, 1.54) is 37.7 Å². The Morgan fingerprint density at radius 3 is 2.35 bits per heavy atom. The Morgan fingerprint density at radius 1 is 1.12 bits per heavy atom. The van der Waals surface area contributed by atoms with E-state index in [1.54, 1.807) is 0 Å². The molecule has 0 saturated carbocycles. The minimum atomic E-state index is -0.676. The van der Waals surface area contributed by atoms with Crippen LogP contribution in [-0.4, -0.2) is 21.3 Å². The molecule has 1 rings (SSSR count). The molecule has 0 radical (unpaired) electrons. The fourth-order valence-electron chi connectivity index (χ4n) is 1.90. The standard InChI is InChI=1S/C13H22N2O2/c16-13(17)9-7-5-3-1-2-4-6-8-12-10-14-15-11-12/h10-11H,1-9H2,(H,14,15)(H,16,17). The lowest BCUT2D eigenvalue weighted by molar-refractivity contribution is -0.137. The summed E-state index contributed by atoms with van der Waals surface area (Å²) < 4.78 is 0. The van der Waals surface area contributed by atoms with E-state index in [0.29, 0.717) is 6.42 Å². The smallest absolute Gasteiger partial charge is 0.303 e. The van der Waals surface area contributed by atoms with E-state index in [4.69, 9.17) is 5.11 Å². The van der Waals surface area contributed by atoms with E-state index in [9.17, 15) is 4.79 Å². The van der Waals surface area contributed by atoms with Crippen LogP contribution in [0.15, 0.2) is 12.4 Å². The molecule has 17 heavy (non-hydrogen) atoms.